The maximum atomic E-state index is 13.2. The van der Waals surface area contributed by atoms with Crippen molar-refractivity contribution in [2.24, 2.45) is 17.6 Å². The van der Waals surface area contributed by atoms with E-state index in [1.54, 1.807) is 12.1 Å². The summed E-state index contributed by atoms with van der Waals surface area (Å²) in [4.78, 5) is 0. The maximum Gasteiger partial charge on any atom is 0.123 e. The normalized spacial score (nSPS) is 13.8. The SMILES string of the molecule is CCCCC(CCC)/C(C(=N)c1ccc(F)cc1)=C(/N)C(C)C. The van der Waals surface area contributed by atoms with Crippen LogP contribution in [0.1, 0.15) is 65.4 Å². The molecule has 2 nitrogen and oxygen atoms in total. The Balaban J connectivity index is 3.25. The fourth-order valence-electron chi connectivity index (χ4n) is 2.90. The molecular weight excluding hydrogens is 287 g/mol. The van der Waals surface area contributed by atoms with E-state index in [0.717, 1.165) is 48.9 Å². The first-order valence-electron chi connectivity index (χ1n) is 8.76. The average Bonchev–Trinajstić information content (AvgIpc) is 2.53. The molecule has 0 aliphatic rings. The van der Waals surface area contributed by atoms with Gasteiger partial charge >= 0.3 is 0 Å². The van der Waals surface area contributed by atoms with Crippen molar-refractivity contribution < 1.29 is 4.39 Å². The van der Waals surface area contributed by atoms with Crippen LogP contribution in [0.25, 0.3) is 0 Å². The van der Waals surface area contributed by atoms with Gasteiger partial charge in [0, 0.05) is 5.70 Å². The second-order valence-electron chi connectivity index (χ2n) is 6.53. The van der Waals surface area contributed by atoms with Crippen LogP contribution in [0.5, 0.6) is 0 Å². The van der Waals surface area contributed by atoms with Gasteiger partial charge in [0.2, 0.25) is 0 Å². The first kappa shape index (κ1) is 19.4. The molecule has 0 heterocycles. The van der Waals surface area contributed by atoms with Crippen LogP contribution < -0.4 is 5.73 Å². The van der Waals surface area contributed by atoms with E-state index in [4.69, 9.17) is 11.1 Å². The minimum absolute atomic E-state index is 0.201. The lowest BCUT2D eigenvalue weighted by Gasteiger charge is -2.25. The number of benzene rings is 1. The summed E-state index contributed by atoms with van der Waals surface area (Å²) in [5.41, 5.74) is 9.34. The number of hydrogen-bond acceptors (Lipinski definition) is 2. The number of nitrogens with two attached hydrogens (primary N) is 1. The molecule has 0 saturated carbocycles. The summed E-state index contributed by atoms with van der Waals surface area (Å²) >= 11 is 0. The zero-order valence-corrected chi connectivity index (χ0v) is 15.0. The van der Waals surface area contributed by atoms with Crippen LogP contribution >= 0.6 is 0 Å². The van der Waals surface area contributed by atoms with Crippen molar-refractivity contribution in [3.63, 3.8) is 0 Å². The third-order valence-corrected chi connectivity index (χ3v) is 4.29. The molecule has 1 aromatic rings. The van der Waals surface area contributed by atoms with Gasteiger partial charge in [-0.05, 0) is 60.1 Å². The highest BCUT2D eigenvalue weighted by atomic mass is 19.1. The van der Waals surface area contributed by atoms with E-state index in [0.29, 0.717) is 11.6 Å². The average molecular weight is 318 g/mol. The van der Waals surface area contributed by atoms with Crippen molar-refractivity contribution in [3.05, 3.63) is 46.9 Å². The van der Waals surface area contributed by atoms with Gasteiger partial charge in [0.15, 0.2) is 0 Å². The number of allylic oxidation sites excluding steroid dienone is 2. The number of halogens is 1. The molecule has 0 amide bonds. The molecule has 0 fully saturated rings. The Morgan fingerprint density at radius 2 is 1.70 bits per heavy atom. The maximum absolute atomic E-state index is 13.2. The molecule has 1 unspecified atom stereocenters. The Kier molecular flexibility index (Phi) is 8.01. The van der Waals surface area contributed by atoms with Gasteiger partial charge in [-0.15, -0.1) is 0 Å². The molecule has 128 valence electrons. The zero-order chi connectivity index (χ0) is 17.4. The summed E-state index contributed by atoms with van der Waals surface area (Å²) in [5, 5.41) is 8.67. The van der Waals surface area contributed by atoms with Gasteiger partial charge in [0.1, 0.15) is 5.82 Å². The second kappa shape index (κ2) is 9.49. The van der Waals surface area contributed by atoms with Crippen molar-refractivity contribution in [2.75, 3.05) is 0 Å². The highest BCUT2D eigenvalue weighted by Crippen LogP contribution is 2.30. The first-order chi connectivity index (χ1) is 10.9. The lowest BCUT2D eigenvalue weighted by atomic mass is 9.81. The Morgan fingerprint density at radius 1 is 1.09 bits per heavy atom. The van der Waals surface area contributed by atoms with Crippen LogP contribution in [-0.4, -0.2) is 5.71 Å². The fourth-order valence-corrected chi connectivity index (χ4v) is 2.90. The molecule has 0 bridgehead atoms. The molecule has 0 aliphatic carbocycles. The van der Waals surface area contributed by atoms with E-state index >= 15 is 0 Å². The van der Waals surface area contributed by atoms with Crippen molar-refractivity contribution in [3.8, 4) is 0 Å². The zero-order valence-electron chi connectivity index (χ0n) is 15.0. The summed E-state index contributed by atoms with van der Waals surface area (Å²) in [6.45, 7) is 8.49. The van der Waals surface area contributed by atoms with E-state index in [1.165, 1.54) is 12.1 Å². The van der Waals surface area contributed by atoms with Crippen molar-refractivity contribution in [1.82, 2.24) is 0 Å². The summed E-state index contributed by atoms with van der Waals surface area (Å²) in [6, 6.07) is 6.17. The van der Waals surface area contributed by atoms with Gasteiger partial charge in [-0.1, -0.05) is 47.0 Å². The minimum Gasteiger partial charge on any atom is -0.402 e. The monoisotopic (exact) mass is 318 g/mol. The second-order valence-corrected chi connectivity index (χ2v) is 6.53. The van der Waals surface area contributed by atoms with E-state index in [9.17, 15) is 4.39 Å². The number of unbranched alkanes of at least 4 members (excludes halogenated alkanes) is 1. The van der Waals surface area contributed by atoms with Crippen LogP contribution in [-0.2, 0) is 0 Å². The summed E-state index contributed by atoms with van der Waals surface area (Å²) in [6.07, 6.45) is 5.43. The minimum atomic E-state index is -0.278. The Hall–Kier alpha value is -1.64. The van der Waals surface area contributed by atoms with E-state index in [2.05, 4.69) is 27.7 Å². The largest absolute Gasteiger partial charge is 0.402 e. The lowest BCUT2D eigenvalue weighted by molar-refractivity contribution is 0.492. The Bertz CT molecular complexity index is 529. The smallest absolute Gasteiger partial charge is 0.123 e. The third kappa shape index (κ3) is 5.49. The predicted molar refractivity (Wildman–Crippen MR) is 97.2 cm³/mol. The van der Waals surface area contributed by atoms with Gasteiger partial charge in [0.25, 0.3) is 0 Å². The van der Waals surface area contributed by atoms with Crippen LogP contribution in [0.3, 0.4) is 0 Å². The molecule has 0 radical (unpaired) electrons. The molecule has 1 aromatic carbocycles. The molecule has 0 spiro atoms. The molecular formula is C20H31FN2. The molecule has 23 heavy (non-hydrogen) atoms. The molecule has 0 aliphatic heterocycles. The van der Waals surface area contributed by atoms with Crippen LogP contribution in [0, 0.1) is 23.1 Å². The van der Waals surface area contributed by atoms with Crippen LogP contribution in [0.15, 0.2) is 35.5 Å². The van der Waals surface area contributed by atoms with Crippen LogP contribution in [0.2, 0.25) is 0 Å². The molecule has 0 aromatic heterocycles. The molecule has 3 heteroatoms. The van der Waals surface area contributed by atoms with Crippen molar-refractivity contribution >= 4 is 5.71 Å². The number of hydrogen-bond donors (Lipinski definition) is 2. The highest BCUT2D eigenvalue weighted by Gasteiger charge is 2.22. The molecule has 3 N–H and O–H groups in total. The first-order valence-corrected chi connectivity index (χ1v) is 8.76. The van der Waals surface area contributed by atoms with Gasteiger partial charge in [-0.3, -0.25) is 5.41 Å². The van der Waals surface area contributed by atoms with Crippen molar-refractivity contribution in [2.45, 2.75) is 59.8 Å². The van der Waals surface area contributed by atoms with Gasteiger partial charge in [-0.25, -0.2) is 4.39 Å². The Labute approximate surface area is 140 Å². The summed E-state index contributed by atoms with van der Waals surface area (Å²) in [7, 11) is 0. The van der Waals surface area contributed by atoms with Gasteiger partial charge in [-0.2, -0.15) is 0 Å². The predicted octanol–water partition coefficient (Wildman–Crippen LogP) is 5.67. The number of nitrogens with one attached hydrogen (secondary N) is 1. The quantitative estimate of drug-likeness (QED) is 0.566. The summed E-state index contributed by atoms with van der Waals surface area (Å²) < 4.78 is 13.2. The fraction of sp³-hybridized carbons (Fsp3) is 0.550. The molecule has 1 rings (SSSR count). The molecule has 1 atom stereocenters. The molecule has 0 saturated heterocycles. The Morgan fingerprint density at radius 3 is 2.17 bits per heavy atom. The van der Waals surface area contributed by atoms with E-state index < -0.39 is 0 Å². The lowest BCUT2D eigenvalue weighted by Crippen LogP contribution is -2.22. The van der Waals surface area contributed by atoms with E-state index in [1.807, 2.05) is 0 Å². The van der Waals surface area contributed by atoms with Crippen LogP contribution in [0.4, 0.5) is 4.39 Å². The standard InChI is InChI=1S/C20H31FN2/c1-5-7-9-15(8-6-2)18(19(22)14(3)4)20(23)16-10-12-17(21)13-11-16/h10-15,23H,5-9,22H2,1-4H3/b19-18-,23-20?. The van der Waals surface area contributed by atoms with Gasteiger partial charge in [0.05, 0.1) is 5.71 Å². The van der Waals surface area contributed by atoms with Gasteiger partial charge < -0.3 is 5.73 Å². The van der Waals surface area contributed by atoms with Crippen molar-refractivity contribution in [1.29, 1.82) is 5.41 Å². The third-order valence-electron chi connectivity index (χ3n) is 4.29. The highest BCUT2D eigenvalue weighted by molar-refractivity contribution is 6.11. The summed E-state index contributed by atoms with van der Waals surface area (Å²) in [5.74, 6) is 0.228. The topological polar surface area (TPSA) is 49.9 Å². The van der Waals surface area contributed by atoms with E-state index in [-0.39, 0.29) is 11.7 Å². The number of rotatable bonds is 9.